The molecule has 0 unspecified atom stereocenters. The summed E-state index contributed by atoms with van der Waals surface area (Å²) in [4.78, 5) is 18.4. The summed E-state index contributed by atoms with van der Waals surface area (Å²) in [5.41, 5.74) is 2.37. The van der Waals surface area contributed by atoms with Crippen LogP contribution in [-0.2, 0) is 17.3 Å². The maximum Gasteiger partial charge on any atom is 0.433 e. The Labute approximate surface area is 165 Å². The average Bonchev–Trinajstić information content (AvgIpc) is 3.02. The molecule has 1 aromatic carbocycles. The Morgan fingerprint density at radius 2 is 1.97 bits per heavy atom. The van der Waals surface area contributed by atoms with Crippen LogP contribution in [0, 0.1) is 0 Å². The number of morpholine rings is 1. The number of Topliss-reactive ketones (excluding diaryl/α,β-unsaturated/α-hetero) is 1. The fraction of sp³-hybridized carbons (Fsp3) is 0.333. The van der Waals surface area contributed by atoms with Crippen LogP contribution in [0.15, 0.2) is 36.0 Å². The molecule has 1 saturated heterocycles. The molecule has 152 valence electrons. The lowest BCUT2D eigenvalue weighted by Crippen LogP contribution is -2.36. The first kappa shape index (κ1) is 19.4. The molecule has 0 bridgehead atoms. The highest BCUT2D eigenvalue weighted by atomic mass is 19.4. The Kier molecular flexibility index (Phi) is 5.04. The van der Waals surface area contributed by atoms with E-state index in [0.29, 0.717) is 42.1 Å². The summed E-state index contributed by atoms with van der Waals surface area (Å²) in [6.45, 7) is 2.74. The number of halogens is 3. The quantitative estimate of drug-likeness (QED) is 0.729. The summed E-state index contributed by atoms with van der Waals surface area (Å²) >= 11 is 0. The van der Waals surface area contributed by atoms with Gasteiger partial charge in [-0.05, 0) is 35.4 Å². The normalized spacial score (nSPS) is 18.3. The van der Waals surface area contributed by atoms with E-state index in [2.05, 4.69) is 9.88 Å². The van der Waals surface area contributed by atoms with Gasteiger partial charge in [-0.1, -0.05) is 6.07 Å². The molecule has 4 rings (SSSR count). The summed E-state index contributed by atoms with van der Waals surface area (Å²) in [6, 6.07) is 5.94. The number of hydrogen-bond acceptors (Lipinski definition) is 5. The van der Waals surface area contributed by atoms with Gasteiger partial charge in [0.25, 0.3) is 0 Å². The maximum atomic E-state index is 12.8. The second-order valence-corrected chi connectivity index (χ2v) is 6.93. The Bertz CT molecular complexity index is 962. The van der Waals surface area contributed by atoms with Crippen LogP contribution in [0.25, 0.3) is 6.08 Å². The van der Waals surface area contributed by atoms with E-state index in [0.717, 1.165) is 36.6 Å². The minimum absolute atomic E-state index is 0.147. The molecular weight excluding hydrogens is 385 g/mol. The lowest BCUT2D eigenvalue weighted by atomic mass is 10.1. The Hall–Kier alpha value is -2.87. The number of rotatable bonds is 3. The summed E-state index contributed by atoms with van der Waals surface area (Å²) in [5.74, 6) is 0.475. The summed E-state index contributed by atoms with van der Waals surface area (Å²) < 4.78 is 48.9. The first-order valence-electron chi connectivity index (χ1n) is 9.19. The van der Waals surface area contributed by atoms with Gasteiger partial charge in [-0.15, -0.1) is 0 Å². The van der Waals surface area contributed by atoms with E-state index in [4.69, 9.17) is 9.47 Å². The van der Waals surface area contributed by atoms with Crippen molar-refractivity contribution < 1.29 is 27.4 Å². The second-order valence-electron chi connectivity index (χ2n) is 6.93. The smallest absolute Gasteiger partial charge is 0.433 e. The fourth-order valence-corrected chi connectivity index (χ4v) is 3.62. The van der Waals surface area contributed by atoms with Gasteiger partial charge >= 0.3 is 6.18 Å². The van der Waals surface area contributed by atoms with Crippen LogP contribution in [0.4, 0.5) is 18.9 Å². The number of pyridine rings is 1. The van der Waals surface area contributed by atoms with Crippen molar-refractivity contribution >= 4 is 17.5 Å². The molecule has 1 aliphatic carbocycles. The Morgan fingerprint density at radius 3 is 2.59 bits per heavy atom. The predicted octanol–water partition coefficient (Wildman–Crippen LogP) is 3.77. The number of carbonyl (C=O) groups excluding carboxylic acids is 1. The third-order valence-electron chi connectivity index (χ3n) is 5.09. The molecule has 0 atom stereocenters. The van der Waals surface area contributed by atoms with E-state index in [9.17, 15) is 18.0 Å². The van der Waals surface area contributed by atoms with E-state index in [1.165, 1.54) is 6.07 Å². The van der Waals surface area contributed by atoms with Crippen molar-refractivity contribution in [3.8, 4) is 5.75 Å². The van der Waals surface area contributed by atoms with Gasteiger partial charge in [0.1, 0.15) is 11.4 Å². The van der Waals surface area contributed by atoms with Gasteiger partial charge in [0.15, 0.2) is 5.78 Å². The SMILES string of the molecule is COc1cc2c(cc1N1CCOCC1)CC(=Cc1ccc(C(F)(F)F)nc1)C2=O. The number of allylic oxidation sites excluding steroid dienone is 1. The van der Waals surface area contributed by atoms with E-state index < -0.39 is 11.9 Å². The van der Waals surface area contributed by atoms with Gasteiger partial charge in [-0.25, -0.2) is 0 Å². The summed E-state index contributed by atoms with van der Waals surface area (Å²) in [7, 11) is 1.57. The highest BCUT2D eigenvalue weighted by molar-refractivity contribution is 6.16. The Morgan fingerprint density at radius 1 is 1.21 bits per heavy atom. The van der Waals surface area contributed by atoms with Gasteiger partial charge in [0.05, 0.1) is 26.0 Å². The zero-order valence-corrected chi connectivity index (χ0v) is 15.8. The van der Waals surface area contributed by atoms with Crippen LogP contribution in [-0.4, -0.2) is 44.2 Å². The number of carbonyl (C=O) groups is 1. The Balaban J connectivity index is 1.63. The molecule has 29 heavy (non-hydrogen) atoms. The maximum absolute atomic E-state index is 12.8. The second kappa shape index (κ2) is 7.51. The van der Waals surface area contributed by atoms with Crippen molar-refractivity contribution in [2.24, 2.45) is 0 Å². The highest BCUT2D eigenvalue weighted by Gasteiger charge is 2.32. The first-order chi connectivity index (χ1) is 13.9. The van der Waals surface area contributed by atoms with Crippen LogP contribution in [0.3, 0.4) is 0 Å². The molecule has 2 aromatic rings. The first-order valence-corrected chi connectivity index (χ1v) is 9.19. The van der Waals surface area contributed by atoms with Gasteiger partial charge in [-0.2, -0.15) is 13.2 Å². The van der Waals surface area contributed by atoms with Crippen LogP contribution in [0.5, 0.6) is 5.75 Å². The van der Waals surface area contributed by atoms with Gasteiger partial charge in [0, 0.05) is 36.8 Å². The summed E-state index contributed by atoms with van der Waals surface area (Å²) in [5, 5.41) is 0. The molecule has 0 radical (unpaired) electrons. The molecule has 1 fully saturated rings. The van der Waals surface area contributed by atoms with E-state index >= 15 is 0 Å². The topological polar surface area (TPSA) is 51.7 Å². The molecular formula is C21H19F3N2O3. The van der Waals surface area contributed by atoms with Crippen molar-refractivity contribution in [1.82, 2.24) is 4.98 Å². The number of benzene rings is 1. The number of aromatic nitrogens is 1. The standard InChI is InChI=1S/C21H19F3N2O3/c1-28-18-11-16-14(10-17(18)26-4-6-29-7-5-26)9-15(20(16)27)8-13-2-3-19(25-12-13)21(22,23)24/h2-3,8,10-12H,4-7,9H2,1H3. The number of methoxy groups -OCH3 is 1. The molecule has 2 aliphatic rings. The van der Waals surface area contributed by atoms with Crippen molar-refractivity contribution in [1.29, 1.82) is 0 Å². The number of nitrogens with zero attached hydrogens (tertiary/aromatic N) is 2. The minimum atomic E-state index is -4.49. The number of hydrogen-bond donors (Lipinski definition) is 0. The number of ether oxygens (including phenoxy) is 2. The van der Waals surface area contributed by atoms with E-state index in [-0.39, 0.29) is 5.78 Å². The zero-order chi connectivity index (χ0) is 20.6. The van der Waals surface area contributed by atoms with Gasteiger partial charge < -0.3 is 14.4 Å². The van der Waals surface area contributed by atoms with Gasteiger partial charge in [-0.3, -0.25) is 9.78 Å². The number of ketones is 1. The third-order valence-corrected chi connectivity index (χ3v) is 5.09. The lowest BCUT2D eigenvalue weighted by Gasteiger charge is -2.30. The molecule has 1 aromatic heterocycles. The minimum Gasteiger partial charge on any atom is -0.495 e. The van der Waals surface area contributed by atoms with Crippen molar-refractivity contribution in [2.45, 2.75) is 12.6 Å². The van der Waals surface area contributed by atoms with Crippen molar-refractivity contribution in [2.75, 3.05) is 38.3 Å². The van der Waals surface area contributed by atoms with Crippen LogP contribution < -0.4 is 9.64 Å². The fourth-order valence-electron chi connectivity index (χ4n) is 3.62. The molecule has 8 heteroatoms. The molecule has 0 spiro atoms. The van der Waals surface area contributed by atoms with Crippen molar-refractivity contribution in [3.63, 3.8) is 0 Å². The van der Waals surface area contributed by atoms with E-state index in [1.807, 2.05) is 6.07 Å². The molecule has 0 saturated carbocycles. The molecule has 0 N–H and O–H groups in total. The number of anilines is 1. The van der Waals surface area contributed by atoms with Crippen molar-refractivity contribution in [3.05, 3.63) is 58.4 Å². The highest BCUT2D eigenvalue weighted by Crippen LogP contribution is 2.38. The number of alkyl halides is 3. The van der Waals surface area contributed by atoms with Crippen LogP contribution >= 0.6 is 0 Å². The lowest BCUT2D eigenvalue weighted by molar-refractivity contribution is -0.141. The number of fused-ring (bicyclic) bond motifs is 1. The molecule has 0 amide bonds. The summed E-state index contributed by atoms with van der Waals surface area (Å²) in [6.07, 6.45) is -1.35. The monoisotopic (exact) mass is 404 g/mol. The van der Waals surface area contributed by atoms with Crippen LogP contribution in [0.1, 0.15) is 27.2 Å². The van der Waals surface area contributed by atoms with Crippen LogP contribution in [0.2, 0.25) is 0 Å². The zero-order valence-electron chi connectivity index (χ0n) is 15.8. The predicted molar refractivity (Wildman–Crippen MR) is 101 cm³/mol. The molecule has 5 nitrogen and oxygen atoms in total. The van der Waals surface area contributed by atoms with Gasteiger partial charge in [0.2, 0.25) is 0 Å². The molecule has 2 heterocycles. The largest absolute Gasteiger partial charge is 0.495 e. The third kappa shape index (κ3) is 3.85. The molecule has 1 aliphatic heterocycles. The van der Waals surface area contributed by atoms with E-state index in [1.54, 1.807) is 19.3 Å². The average molecular weight is 404 g/mol.